The molecular formula is C17H23N7O2. The van der Waals surface area contributed by atoms with Crippen LogP contribution in [-0.4, -0.2) is 56.6 Å². The van der Waals surface area contributed by atoms with Gasteiger partial charge in [-0.1, -0.05) is 0 Å². The van der Waals surface area contributed by atoms with Gasteiger partial charge >= 0.3 is 5.97 Å². The van der Waals surface area contributed by atoms with Crippen LogP contribution in [0.4, 0.5) is 5.69 Å². The Labute approximate surface area is 151 Å². The number of nitrogens with zero attached hydrogens (tertiary/aromatic N) is 6. The van der Waals surface area contributed by atoms with E-state index in [1.807, 2.05) is 24.3 Å². The molecule has 0 spiro atoms. The number of fused-ring (bicyclic) bond motifs is 1. The van der Waals surface area contributed by atoms with Crippen molar-refractivity contribution in [3.63, 3.8) is 0 Å². The van der Waals surface area contributed by atoms with E-state index in [4.69, 9.17) is 10.5 Å². The maximum atomic E-state index is 11.7. The van der Waals surface area contributed by atoms with Gasteiger partial charge < -0.3 is 15.4 Å². The fourth-order valence-corrected chi connectivity index (χ4v) is 2.77. The molecule has 26 heavy (non-hydrogen) atoms. The first-order chi connectivity index (χ1) is 12.6. The number of aromatic nitrogens is 5. The van der Waals surface area contributed by atoms with Gasteiger partial charge in [-0.15, -0.1) is 0 Å². The highest BCUT2D eigenvalue weighted by molar-refractivity contribution is 5.73. The van der Waals surface area contributed by atoms with Crippen molar-refractivity contribution in [1.82, 2.24) is 24.4 Å². The molecule has 0 radical (unpaired) electrons. The molecule has 0 fully saturated rings. The zero-order valence-electron chi connectivity index (χ0n) is 15.0. The van der Waals surface area contributed by atoms with Crippen LogP contribution in [0.15, 0.2) is 31.0 Å². The van der Waals surface area contributed by atoms with Gasteiger partial charge in [0.05, 0.1) is 25.4 Å². The third kappa shape index (κ3) is 3.83. The fraction of sp³-hybridized carbons (Fsp3) is 0.412. The molecule has 9 nitrogen and oxygen atoms in total. The molecule has 3 aromatic rings. The van der Waals surface area contributed by atoms with Crippen molar-refractivity contribution in [2.24, 2.45) is 12.8 Å². The van der Waals surface area contributed by atoms with E-state index in [-0.39, 0.29) is 5.97 Å². The van der Waals surface area contributed by atoms with Gasteiger partial charge in [-0.2, -0.15) is 10.2 Å². The van der Waals surface area contributed by atoms with Gasteiger partial charge in [0.1, 0.15) is 5.69 Å². The van der Waals surface area contributed by atoms with E-state index in [0.29, 0.717) is 32.7 Å². The minimum Gasteiger partial charge on any atom is -0.466 e. The minimum atomic E-state index is -0.224. The summed E-state index contributed by atoms with van der Waals surface area (Å²) in [6.07, 6.45) is 9.45. The van der Waals surface area contributed by atoms with Crippen LogP contribution in [0.1, 0.15) is 13.3 Å². The number of hydrogen-bond acceptors (Lipinski definition) is 7. The van der Waals surface area contributed by atoms with Crippen molar-refractivity contribution in [1.29, 1.82) is 0 Å². The Morgan fingerprint density at radius 2 is 2.00 bits per heavy atom. The van der Waals surface area contributed by atoms with E-state index in [1.165, 1.54) is 0 Å². The molecule has 3 rings (SSSR count). The van der Waals surface area contributed by atoms with E-state index >= 15 is 0 Å². The number of carbonyl (C=O) groups is 1. The number of ether oxygens (including phenoxy) is 1. The van der Waals surface area contributed by atoms with Crippen molar-refractivity contribution < 1.29 is 9.53 Å². The van der Waals surface area contributed by atoms with E-state index in [2.05, 4.69) is 15.2 Å². The summed E-state index contributed by atoms with van der Waals surface area (Å²) in [6.45, 7) is 3.75. The van der Waals surface area contributed by atoms with Gasteiger partial charge in [-0.25, -0.2) is 9.50 Å². The molecule has 0 unspecified atom stereocenters. The number of nitrogens with two attached hydrogens (primary N) is 1. The predicted octanol–water partition coefficient (Wildman–Crippen LogP) is 0.848. The van der Waals surface area contributed by atoms with Crippen molar-refractivity contribution in [2.45, 2.75) is 13.3 Å². The molecule has 0 bridgehead atoms. The maximum Gasteiger partial charge on any atom is 0.307 e. The monoisotopic (exact) mass is 357 g/mol. The van der Waals surface area contributed by atoms with Gasteiger partial charge in [-0.05, 0) is 6.92 Å². The Bertz CT molecular complexity index is 886. The second kappa shape index (κ2) is 7.96. The van der Waals surface area contributed by atoms with Crippen molar-refractivity contribution in [3.05, 3.63) is 31.0 Å². The first kappa shape index (κ1) is 17.9. The van der Waals surface area contributed by atoms with Crippen molar-refractivity contribution >= 4 is 17.3 Å². The summed E-state index contributed by atoms with van der Waals surface area (Å²) in [6, 6.07) is 0. The molecule has 0 aliphatic carbocycles. The lowest BCUT2D eigenvalue weighted by molar-refractivity contribution is -0.142. The molecule has 3 heterocycles. The first-order valence-electron chi connectivity index (χ1n) is 8.55. The van der Waals surface area contributed by atoms with Crippen LogP contribution in [0.5, 0.6) is 0 Å². The highest BCUT2D eigenvalue weighted by atomic mass is 16.5. The molecule has 138 valence electrons. The highest BCUT2D eigenvalue weighted by Crippen LogP contribution is 2.23. The molecule has 0 aliphatic heterocycles. The third-order valence-corrected chi connectivity index (χ3v) is 4.01. The van der Waals surface area contributed by atoms with Crippen LogP contribution in [0.25, 0.3) is 16.8 Å². The summed E-state index contributed by atoms with van der Waals surface area (Å²) in [7, 11) is 1.87. The summed E-state index contributed by atoms with van der Waals surface area (Å²) >= 11 is 0. The standard InChI is InChI=1S/C17H23N7O2/c1-3-26-16(25)4-6-23(7-5-18)15-10-21-24-12-13(8-19-17(15)24)14-9-20-22(2)11-14/h8-12H,3-7,18H2,1-2H3. The lowest BCUT2D eigenvalue weighted by Gasteiger charge is -2.22. The van der Waals surface area contributed by atoms with Crippen LogP contribution in [0, 0.1) is 0 Å². The van der Waals surface area contributed by atoms with E-state index in [1.54, 1.807) is 34.7 Å². The molecule has 0 aromatic carbocycles. The molecular weight excluding hydrogens is 334 g/mol. The maximum absolute atomic E-state index is 11.7. The molecule has 0 amide bonds. The number of esters is 1. The predicted molar refractivity (Wildman–Crippen MR) is 97.7 cm³/mol. The highest BCUT2D eigenvalue weighted by Gasteiger charge is 2.16. The van der Waals surface area contributed by atoms with Gasteiger partial charge in [-0.3, -0.25) is 9.48 Å². The molecule has 9 heteroatoms. The second-order valence-corrected chi connectivity index (χ2v) is 5.87. The van der Waals surface area contributed by atoms with Crippen LogP contribution in [-0.2, 0) is 16.6 Å². The van der Waals surface area contributed by atoms with Gasteiger partial charge in [0.2, 0.25) is 0 Å². The average Bonchev–Trinajstić information content (AvgIpc) is 3.24. The van der Waals surface area contributed by atoms with Gasteiger partial charge in [0.25, 0.3) is 0 Å². The van der Waals surface area contributed by atoms with Crippen LogP contribution in [0.2, 0.25) is 0 Å². The van der Waals surface area contributed by atoms with Crippen molar-refractivity contribution in [3.8, 4) is 11.1 Å². The molecule has 0 aliphatic rings. The minimum absolute atomic E-state index is 0.224. The third-order valence-electron chi connectivity index (χ3n) is 4.01. The summed E-state index contributed by atoms with van der Waals surface area (Å²) in [5.41, 5.74) is 9.19. The Kier molecular flexibility index (Phi) is 5.47. The molecule has 3 aromatic heterocycles. The van der Waals surface area contributed by atoms with Gasteiger partial charge in [0, 0.05) is 56.4 Å². The number of aryl methyl sites for hydroxylation is 1. The Balaban J connectivity index is 1.84. The Hall–Kier alpha value is -2.94. The normalized spacial score (nSPS) is 11.0. The zero-order chi connectivity index (χ0) is 18.5. The Morgan fingerprint density at radius 3 is 2.69 bits per heavy atom. The smallest absolute Gasteiger partial charge is 0.307 e. The Morgan fingerprint density at radius 1 is 1.19 bits per heavy atom. The largest absolute Gasteiger partial charge is 0.466 e. The number of rotatable bonds is 8. The fourth-order valence-electron chi connectivity index (χ4n) is 2.77. The van der Waals surface area contributed by atoms with Crippen LogP contribution < -0.4 is 10.6 Å². The van der Waals surface area contributed by atoms with Crippen LogP contribution in [0.3, 0.4) is 0 Å². The van der Waals surface area contributed by atoms with Crippen molar-refractivity contribution in [2.75, 3.05) is 31.1 Å². The number of hydrogen-bond donors (Lipinski definition) is 1. The van der Waals surface area contributed by atoms with Crippen LogP contribution >= 0.6 is 0 Å². The zero-order valence-corrected chi connectivity index (χ0v) is 15.0. The molecule has 0 atom stereocenters. The number of carbonyl (C=O) groups excluding carboxylic acids is 1. The SMILES string of the molecule is CCOC(=O)CCN(CCN)c1cnn2cc(-c3cnn(C)c3)cnc12. The summed E-state index contributed by atoms with van der Waals surface area (Å²) in [5, 5.41) is 8.59. The van der Waals surface area contributed by atoms with E-state index in [0.717, 1.165) is 22.5 Å². The summed E-state index contributed by atoms with van der Waals surface area (Å²) < 4.78 is 8.47. The van der Waals surface area contributed by atoms with Gasteiger partial charge in [0.15, 0.2) is 5.65 Å². The molecule has 0 saturated heterocycles. The summed E-state index contributed by atoms with van der Waals surface area (Å²) in [5.74, 6) is -0.224. The molecule has 0 saturated carbocycles. The number of anilines is 1. The van der Waals surface area contributed by atoms with E-state index in [9.17, 15) is 4.79 Å². The lowest BCUT2D eigenvalue weighted by atomic mass is 10.2. The topological polar surface area (TPSA) is 104 Å². The second-order valence-electron chi connectivity index (χ2n) is 5.87. The average molecular weight is 357 g/mol. The van der Waals surface area contributed by atoms with E-state index < -0.39 is 0 Å². The summed E-state index contributed by atoms with van der Waals surface area (Å²) in [4.78, 5) is 18.2. The quantitative estimate of drug-likeness (QED) is 0.596. The first-order valence-corrected chi connectivity index (χ1v) is 8.55. The molecule has 2 N–H and O–H groups in total. The lowest BCUT2D eigenvalue weighted by Crippen LogP contribution is -2.31.